The molecule has 1 aliphatic heterocycles. The van der Waals surface area contributed by atoms with E-state index in [1.165, 1.54) is 11.3 Å². The number of likely N-dealkylation sites (N-methyl/N-ethyl adjacent to an activating group) is 1. The number of nitrogens with zero attached hydrogens (tertiary/aromatic N) is 3. The maximum Gasteiger partial charge on any atom is 0.268 e. The molecular weight excluding hydrogens is 288 g/mol. The van der Waals surface area contributed by atoms with Crippen LogP contribution in [0.3, 0.4) is 0 Å². The summed E-state index contributed by atoms with van der Waals surface area (Å²) in [5.74, 6) is 0.726. The summed E-state index contributed by atoms with van der Waals surface area (Å²) in [4.78, 5) is 35.3. The summed E-state index contributed by atoms with van der Waals surface area (Å²) in [7, 11) is 2.06. The fourth-order valence-corrected chi connectivity index (χ4v) is 3.20. The molecule has 2 aromatic heterocycles. The number of fused-ring (bicyclic) bond motifs is 1. The number of aromatic nitrogens is 2. The minimum Gasteiger partial charge on any atom is -0.340 e. The van der Waals surface area contributed by atoms with Crippen LogP contribution in [0.25, 0.3) is 10.2 Å². The van der Waals surface area contributed by atoms with Gasteiger partial charge in [0.25, 0.3) is 5.56 Å². The Bertz CT molecular complexity index is 700. The smallest absolute Gasteiger partial charge is 0.268 e. The summed E-state index contributed by atoms with van der Waals surface area (Å²) in [6.45, 7) is 3.40. The van der Waals surface area contributed by atoms with Gasteiger partial charge in [0.1, 0.15) is 10.5 Å². The van der Waals surface area contributed by atoms with Crippen molar-refractivity contribution in [3.8, 4) is 0 Å². The fourth-order valence-electron chi connectivity index (χ4n) is 2.48. The molecular formula is C14H18N4O2S. The lowest BCUT2D eigenvalue weighted by molar-refractivity contribution is -0.132. The van der Waals surface area contributed by atoms with Crippen molar-refractivity contribution in [3.05, 3.63) is 27.6 Å². The molecule has 6 nitrogen and oxygen atoms in total. The third-order valence-electron chi connectivity index (χ3n) is 3.80. The van der Waals surface area contributed by atoms with E-state index in [-0.39, 0.29) is 11.5 Å². The van der Waals surface area contributed by atoms with Crippen LogP contribution in [0, 0.1) is 0 Å². The normalized spacial score (nSPS) is 16.5. The van der Waals surface area contributed by atoms with Gasteiger partial charge in [0.05, 0.1) is 5.52 Å². The lowest BCUT2D eigenvalue weighted by atomic mass is 10.2. The molecule has 1 saturated heterocycles. The first-order chi connectivity index (χ1) is 10.1. The monoisotopic (exact) mass is 306 g/mol. The minimum absolute atomic E-state index is 0.114. The topological polar surface area (TPSA) is 69.3 Å². The average Bonchev–Trinajstić information content (AvgIpc) is 2.94. The van der Waals surface area contributed by atoms with E-state index in [9.17, 15) is 9.59 Å². The summed E-state index contributed by atoms with van der Waals surface area (Å²) >= 11 is 1.38. The number of nitrogens with one attached hydrogen (secondary N) is 1. The van der Waals surface area contributed by atoms with E-state index in [1.54, 1.807) is 0 Å². The Labute approximate surface area is 126 Å². The van der Waals surface area contributed by atoms with Crippen LogP contribution < -0.4 is 5.56 Å². The van der Waals surface area contributed by atoms with E-state index in [4.69, 9.17) is 0 Å². The van der Waals surface area contributed by atoms with Gasteiger partial charge in [-0.1, -0.05) is 0 Å². The van der Waals surface area contributed by atoms with Gasteiger partial charge in [-0.3, -0.25) is 9.59 Å². The number of amides is 1. The van der Waals surface area contributed by atoms with Gasteiger partial charge in [0.15, 0.2) is 0 Å². The first-order valence-electron chi connectivity index (χ1n) is 7.06. The number of carbonyl (C=O) groups excluding carboxylic acids is 1. The Morgan fingerprint density at radius 3 is 2.90 bits per heavy atom. The molecule has 112 valence electrons. The van der Waals surface area contributed by atoms with Crippen LogP contribution in [0.4, 0.5) is 0 Å². The van der Waals surface area contributed by atoms with Gasteiger partial charge in [-0.05, 0) is 18.5 Å². The fraction of sp³-hybridized carbons (Fsp3) is 0.500. The highest BCUT2D eigenvalue weighted by Gasteiger charge is 2.19. The molecule has 7 heteroatoms. The molecule has 1 N–H and O–H groups in total. The predicted octanol–water partition coefficient (Wildman–Crippen LogP) is 0.691. The van der Waals surface area contributed by atoms with Crippen LogP contribution >= 0.6 is 11.3 Å². The second kappa shape index (κ2) is 5.95. The maximum absolute atomic E-state index is 12.2. The molecule has 0 aromatic carbocycles. The standard InChI is InChI=1S/C14H18N4O2S/c1-17-5-7-18(8-6-17)12(19)3-2-11-15-10-4-9-21-13(10)14(20)16-11/h4,9H,2-3,5-8H2,1H3,(H,15,16,20). The summed E-state index contributed by atoms with van der Waals surface area (Å²) in [5.41, 5.74) is 0.600. The van der Waals surface area contributed by atoms with Gasteiger partial charge in [-0.25, -0.2) is 4.98 Å². The van der Waals surface area contributed by atoms with Crippen molar-refractivity contribution in [1.82, 2.24) is 19.8 Å². The summed E-state index contributed by atoms with van der Waals surface area (Å²) in [5, 5.41) is 1.85. The zero-order valence-electron chi connectivity index (χ0n) is 12.0. The lowest BCUT2D eigenvalue weighted by Gasteiger charge is -2.32. The van der Waals surface area contributed by atoms with Gasteiger partial charge in [-0.15, -0.1) is 11.3 Å². The van der Waals surface area contributed by atoms with Crippen LogP contribution in [-0.2, 0) is 11.2 Å². The summed E-state index contributed by atoms with van der Waals surface area (Å²) in [6, 6.07) is 1.83. The van der Waals surface area contributed by atoms with Crippen molar-refractivity contribution in [3.63, 3.8) is 0 Å². The Hall–Kier alpha value is -1.73. The van der Waals surface area contributed by atoms with Crippen molar-refractivity contribution in [2.75, 3.05) is 33.2 Å². The molecule has 21 heavy (non-hydrogen) atoms. The highest BCUT2D eigenvalue weighted by molar-refractivity contribution is 7.17. The molecule has 2 aromatic rings. The number of piperazine rings is 1. The predicted molar refractivity (Wildman–Crippen MR) is 82.6 cm³/mol. The van der Waals surface area contributed by atoms with Crippen molar-refractivity contribution in [1.29, 1.82) is 0 Å². The highest BCUT2D eigenvalue weighted by atomic mass is 32.1. The third kappa shape index (κ3) is 3.14. The number of aryl methyl sites for hydroxylation is 1. The Balaban J connectivity index is 1.63. The molecule has 1 aliphatic rings. The SMILES string of the molecule is CN1CCN(C(=O)CCc2nc3ccsc3c(=O)[nH]2)CC1. The molecule has 0 atom stereocenters. The van der Waals surface area contributed by atoms with E-state index >= 15 is 0 Å². The summed E-state index contributed by atoms with van der Waals surface area (Å²) < 4.78 is 0.643. The molecule has 1 fully saturated rings. The number of hydrogen-bond donors (Lipinski definition) is 1. The van der Waals surface area contributed by atoms with E-state index in [1.807, 2.05) is 16.3 Å². The quantitative estimate of drug-likeness (QED) is 0.906. The number of H-pyrrole nitrogens is 1. The van der Waals surface area contributed by atoms with Gasteiger partial charge in [0, 0.05) is 39.0 Å². The lowest BCUT2D eigenvalue weighted by Crippen LogP contribution is -2.47. The largest absolute Gasteiger partial charge is 0.340 e. The van der Waals surface area contributed by atoms with Gasteiger partial charge < -0.3 is 14.8 Å². The molecule has 1 amide bonds. The highest BCUT2D eigenvalue weighted by Crippen LogP contribution is 2.14. The van der Waals surface area contributed by atoms with Crippen LogP contribution in [0.15, 0.2) is 16.2 Å². The molecule has 0 bridgehead atoms. The summed E-state index contributed by atoms with van der Waals surface area (Å²) in [6.07, 6.45) is 0.870. The zero-order valence-corrected chi connectivity index (χ0v) is 12.8. The molecule has 0 spiro atoms. The number of aromatic amines is 1. The van der Waals surface area contributed by atoms with E-state index in [0.717, 1.165) is 26.2 Å². The first-order valence-corrected chi connectivity index (χ1v) is 7.94. The molecule has 3 heterocycles. The van der Waals surface area contributed by atoms with E-state index in [2.05, 4.69) is 21.9 Å². The van der Waals surface area contributed by atoms with E-state index in [0.29, 0.717) is 28.9 Å². The Kier molecular flexibility index (Phi) is 4.03. The molecule has 3 rings (SSSR count). The van der Waals surface area contributed by atoms with Crippen LogP contribution in [-0.4, -0.2) is 58.9 Å². The third-order valence-corrected chi connectivity index (χ3v) is 4.70. The van der Waals surface area contributed by atoms with Gasteiger partial charge >= 0.3 is 0 Å². The Morgan fingerprint density at radius 2 is 2.14 bits per heavy atom. The van der Waals surface area contributed by atoms with Gasteiger partial charge in [-0.2, -0.15) is 0 Å². The number of thiophene rings is 1. The molecule has 0 unspecified atom stereocenters. The van der Waals surface area contributed by atoms with Crippen molar-refractivity contribution < 1.29 is 4.79 Å². The molecule has 0 radical (unpaired) electrons. The Morgan fingerprint density at radius 1 is 1.38 bits per heavy atom. The molecule has 0 aliphatic carbocycles. The minimum atomic E-state index is -0.114. The molecule has 0 saturated carbocycles. The van der Waals surface area contributed by atoms with Crippen LogP contribution in [0.2, 0.25) is 0 Å². The van der Waals surface area contributed by atoms with E-state index < -0.39 is 0 Å². The van der Waals surface area contributed by atoms with Crippen molar-refractivity contribution in [2.45, 2.75) is 12.8 Å². The average molecular weight is 306 g/mol. The maximum atomic E-state index is 12.2. The number of hydrogen-bond acceptors (Lipinski definition) is 5. The zero-order chi connectivity index (χ0) is 14.8. The second-order valence-electron chi connectivity index (χ2n) is 5.33. The van der Waals surface area contributed by atoms with Gasteiger partial charge in [0.2, 0.25) is 5.91 Å². The first kappa shape index (κ1) is 14.2. The number of rotatable bonds is 3. The number of carbonyl (C=O) groups is 1. The van der Waals surface area contributed by atoms with Crippen LogP contribution in [0.1, 0.15) is 12.2 Å². The van der Waals surface area contributed by atoms with Crippen molar-refractivity contribution in [2.24, 2.45) is 0 Å². The second-order valence-corrected chi connectivity index (χ2v) is 6.25. The van der Waals surface area contributed by atoms with Crippen molar-refractivity contribution >= 4 is 27.5 Å². The van der Waals surface area contributed by atoms with Crippen LogP contribution in [0.5, 0.6) is 0 Å².